The van der Waals surface area contributed by atoms with E-state index in [0.29, 0.717) is 18.7 Å². The van der Waals surface area contributed by atoms with E-state index in [1.54, 1.807) is 24.5 Å². The minimum absolute atomic E-state index is 0. The van der Waals surface area contributed by atoms with Crippen molar-refractivity contribution in [3.8, 4) is 5.75 Å². The van der Waals surface area contributed by atoms with Crippen LogP contribution in [0.1, 0.15) is 12.0 Å². The van der Waals surface area contributed by atoms with Crippen molar-refractivity contribution < 1.29 is 43.0 Å². The molecule has 4 rings (SSSR count). The number of carboxylic acid groups (broad SMARTS) is 1. The van der Waals surface area contributed by atoms with E-state index in [-0.39, 0.29) is 40.2 Å². The number of benzene rings is 2. The number of aliphatic carboxylic acids is 1. The van der Waals surface area contributed by atoms with Gasteiger partial charge in [-0.3, -0.25) is 9.97 Å². The number of nitrogens with one attached hydrogen (secondary N) is 1. The Labute approximate surface area is 203 Å². The largest absolute Gasteiger partial charge is 2.00 e. The van der Waals surface area contributed by atoms with Crippen molar-refractivity contribution in [2.24, 2.45) is 0 Å². The molecule has 0 amide bonds. The first-order valence-electron chi connectivity index (χ1n) is 8.99. The van der Waals surface area contributed by atoms with Gasteiger partial charge < -0.3 is 31.3 Å². The van der Waals surface area contributed by atoms with Crippen molar-refractivity contribution in [3.63, 3.8) is 0 Å². The van der Waals surface area contributed by atoms with E-state index in [4.69, 9.17) is 0 Å². The molecule has 0 unspecified atom stereocenters. The number of carbonyl (C=O) groups excluding carboxylic acids is 1. The van der Waals surface area contributed by atoms with Crippen LogP contribution in [0, 0.1) is 0 Å². The van der Waals surface area contributed by atoms with Gasteiger partial charge in [0, 0.05) is 46.7 Å². The second-order valence-corrected chi connectivity index (χ2v) is 7.18. The number of nitrogens with zero attached hydrogens (tertiary/aromatic N) is 2. The summed E-state index contributed by atoms with van der Waals surface area (Å²) >= 11 is 3.26. The third kappa shape index (κ3) is 8.16. The van der Waals surface area contributed by atoms with E-state index in [1.807, 2.05) is 12.1 Å². The van der Waals surface area contributed by atoms with Gasteiger partial charge in [0.25, 0.3) is 0 Å². The minimum Gasteiger partial charge on any atom is -0.872 e. The summed E-state index contributed by atoms with van der Waals surface area (Å²) in [6.07, 6.45) is 3.55. The maximum atomic E-state index is 11.3. The molecule has 0 saturated carbocycles. The van der Waals surface area contributed by atoms with E-state index in [0.717, 1.165) is 26.3 Å². The Morgan fingerprint density at radius 3 is 2.03 bits per heavy atom. The van der Waals surface area contributed by atoms with E-state index in [1.165, 1.54) is 6.07 Å². The number of rotatable bonds is 5. The molecular formula is C22H22BrCuN3O5. The smallest absolute Gasteiger partial charge is 0.872 e. The van der Waals surface area contributed by atoms with Crippen LogP contribution in [0.15, 0.2) is 71.5 Å². The summed E-state index contributed by atoms with van der Waals surface area (Å²) in [6.45, 7) is 0.667. The second kappa shape index (κ2) is 14.5. The molecule has 0 aliphatic rings. The number of hydrogen-bond donors (Lipinski definition) is 1. The van der Waals surface area contributed by atoms with Crippen molar-refractivity contribution in [1.29, 1.82) is 0 Å². The second-order valence-electron chi connectivity index (χ2n) is 6.27. The molecule has 0 aliphatic heterocycles. The zero-order valence-electron chi connectivity index (χ0n) is 16.8. The van der Waals surface area contributed by atoms with Crippen LogP contribution in [0.25, 0.3) is 21.8 Å². The van der Waals surface area contributed by atoms with Gasteiger partial charge in [-0.25, -0.2) is 0 Å². The molecule has 0 aliphatic carbocycles. The molecule has 2 heterocycles. The van der Waals surface area contributed by atoms with Crippen LogP contribution < -0.4 is 15.5 Å². The number of halogens is 1. The van der Waals surface area contributed by atoms with E-state index >= 15 is 0 Å². The summed E-state index contributed by atoms with van der Waals surface area (Å²) < 4.78 is 0.832. The van der Waals surface area contributed by atoms with Gasteiger partial charge in [0.2, 0.25) is 0 Å². The normalized spacial score (nSPS) is 9.53. The first-order chi connectivity index (χ1) is 14.0. The van der Waals surface area contributed by atoms with Crippen LogP contribution in [0.3, 0.4) is 0 Å². The zero-order valence-corrected chi connectivity index (χ0v) is 19.3. The quantitative estimate of drug-likeness (QED) is 0.220. The van der Waals surface area contributed by atoms with Crippen molar-refractivity contribution in [2.75, 3.05) is 6.54 Å². The molecule has 2 aromatic heterocycles. The molecule has 0 atom stereocenters. The van der Waals surface area contributed by atoms with E-state index in [9.17, 15) is 15.0 Å². The van der Waals surface area contributed by atoms with Crippen LogP contribution in [0.5, 0.6) is 5.75 Å². The molecule has 2 aromatic carbocycles. The molecule has 0 bridgehead atoms. The van der Waals surface area contributed by atoms with Crippen LogP contribution >= 0.6 is 15.9 Å². The van der Waals surface area contributed by atoms with Crippen LogP contribution in [0.2, 0.25) is 0 Å². The van der Waals surface area contributed by atoms with Gasteiger partial charge in [-0.15, -0.1) is 5.75 Å². The molecule has 8 nitrogen and oxygen atoms in total. The van der Waals surface area contributed by atoms with Crippen LogP contribution in [0.4, 0.5) is 0 Å². The van der Waals surface area contributed by atoms with Crippen molar-refractivity contribution >= 4 is 43.7 Å². The Bertz CT molecular complexity index is 1090. The molecule has 0 saturated heterocycles. The van der Waals surface area contributed by atoms with Crippen LogP contribution in [-0.2, 0) is 28.4 Å². The average Bonchev–Trinajstić information content (AvgIpc) is 2.74. The summed E-state index contributed by atoms with van der Waals surface area (Å²) in [5, 5.41) is 26.6. The van der Waals surface area contributed by atoms with Crippen molar-refractivity contribution in [3.05, 3.63) is 77.0 Å². The maximum Gasteiger partial charge on any atom is 2.00 e. The van der Waals surface area contributed by atoms with Crippen molar-refractivity contribution in [2.45, 2.75) is 13.0 Å². The number of hydrogen-bond acceptors (Lipinski definition) is 6. The van der Waals surface area contributed by atoms with Gasteiger partial charge in [0.15, 0.2) is 0 Å². The number of carbonyl (C=O) groups is 1. The Kier molecular flexibility index (Phi) is 13.3. The average molecular weight is 552 g/mol. The van der Waals surface area contributed by atoms with E-state index < -0.39 is 5.97 Å². The minimum atomic E-state index is -1.10. The summed E-state index contributed by atoms with van der Waals surface area (Å²) in [4.78, 5) is 18.8. The summed E-state index contributed by atoms with van der Waals surface area (Å²) in [7, 11) is 0. The first kappa shape index (κ1) is 29.4. The summed E-state index contributed by atoms with van der Waals surface area (Å²) in [5.74, 6) is -1.15. The molecule has 10 heteroatoms. The number of pyridine rings is 2. The van der Waals surface area contributed by atoms with Gasteiger partial charge in [-0.05, 0) is 36.2 Å². The topological polar surface area (TPSA) is 164 Å². The first-order valence-corrected chi connectivity index (χ1v) is 9.78. The Hall–Kier alpha value is -2.59. The standard InChI is InChI=1S/C12H8N2.C10H12BrNO3.Cu.2H2O/c1-3-9-5-6-10-4-2-8-14-12(10)11(9)13-7-1;11-8-1-2-9(13)7(5-8)6-12-4-3-10(14)15;;;/h1-8H;1-2,5,12-13H,3-4,6H2,(H,14,15);;2*1H2/q;;+2;;/p-2. The maximum absolute atomic E-state index is 11.3. The fourth-order valence-electron chi connectivity index (χ4n) is 2.78. The molecule has 4 aromatic rings. The number of aromatic nitrogens is 2. The molecule has 0 spiro atoms. The molecule has 32 heavy (non-hydrogen) atoms. The molecule has 5 N–H and O–H groups in total. The fraction of sp³-hybridized carbons (Fsp3) is 0.136. The third-order valence-electron chi connectivity index (χ3n) is 4.19. The molecule has 173 valence electrons. The van der Waals surface area contributed by atoms with Gasteiger partial charge in [0.1, 0.15) is 0 Å². The summed E-state index contributed by atoms with van der Waals surface area (Å²) in [5.41, 5.74) is 2.57. The molecule has 0 fully saturated rings. The molecular weight excluding hydrogens is 530 g/mol. The van der Waals surface area contributed by atoms with Crippen molar-refractivity contribution in [1.82, 2.24) is 15.3 Å². The van der Waals surface area contributed by atoms with Gasteiger partial charge in [-0.1, -0.05) is 46.3 Å². The fourth-order valence-corrected chi connectivity index (χ4v) is 3.19. The SMILES string of the molecule is O.O.O=C([O-])CCNCc1cc(Br)ccc1[O-].[Cu+2].c1cnc2c(c1)ccc1cccnc12. The van der Waals surface area contributed by atoms with Gasteiger partial charge in [-0.2, -0.15) is 0 Å². The Morgan fingerprint density at radius 1 is 0.938 bits per heavy atom. The van der Waals surface area contributed by atoms with E-state index in [2.05, 4.69) is 55.5 Å². The predicted molar refractivity (Wildman–Crippen MR) is 119 cm³/mol. The number of carboxylic acids is 1. The Balaban J connectivity index is 0.000000549. The zero-order chi connectivity index (χ0) is 20.6. The van der Waals surface area contributed by atoms with Crippen LogP contribution in [-0.4, -0.2) is 33.4 Å². The monoisotopic (exact) mass is 550 g/mol. The molecule has 1 radical (unpaired) electrons. The third-order valence-corrected chi connectivity index (χ3v) is 4.68. The van der Waals surface area contributed by atoms with Gasteiger partial charge >= 0.3 is 17.1 Å². The Morgan fingerprint density at radius 2 is 1.50 bits per heavy atom. The number of fused-ring (bicyclic) bond motifs is 3. The van der Waals surface area contributed by atoms with Gasteiger partial charge in [0.05, 0.1) is 11.0 Å². The summed E-state index contributed by atoms with van der Waals surface area (Å²) in [6, 6.07) is 17.0. The predicted octanol–water partition coefficient (Wildman–Crippen LogP) is 0.883.